The molecule has 166 valence electrons. The SMILES string of the molecule is COC(=O)CCCCCC[C@H]1C(O)CC(O)[C@@H]1CCC(O)c1cc2ccccc2s1. The number of ether oxygens (including phenoxy) is 1. The van der Waals surface area contributed by atoms with Crippen LogP contribution in [0.2, 0.25) is 0 Å². The highest BCUT2D eigenvalue weighted by molar-refractivity contribution is 7.19. The first kappa shape index (κ1) is 23.2. The zero-order chi connectivity index (χ0) is 21.5. The van der Waals surface area contributed by atoms with Gasteiger partial charge in [-0.05, 0) is 61.5 Å². The third-order valence-corrected chi connectivity index (χ3v) is 7.68. The highest BCUT2D eigenvalue weighted by Crippen LogP contribution is 2.41. The van der Waals surface area contributed by atoms with Crippen molar-refractivity contribution in [3.63, 3.8) is 0 Å². The van der Waals surface area contributed by atoms with Crippen LogP contribution in [0.1, 0.15) is 68.8 Å². The van der Waals surface area contributed by atoms with Gasteiger partial charge >= 0.3 is 5.97 Å². The van der Waals surface area contributed by atoms with Gasteiger partial charge in [-0.3, -0.25) is 4.79 Å². The van der Waals surface area contributed by atoms with E-state index in [9.17, 15) is 20.1 Å². The quantitative estimate of drug-likeness (QED) is 0.356. The number of thiophene rings is 1. The molecule has 2 aromatic rings. The first-order chi connectivity index (χ1) is 14.5. The summed E-state index contributed by atoms with van der Waals surface area (Å²) in [5.74, 6) is -0.0593. The third kappa shape index (κ3) is 6.03. The number of rotatable bonds is 11. The van der Waals surface area contributed by atoms with E-state index in [-0.39, 0.29) is 17.8 Å². The summed E-state index contributed by atoms with van der Waals surface area (Å²) >= 11 is 1.62. The average molecular weight is 435 g/mol. The first-order valence-electron chi connectivity index (χ1n) is 11.1. The smallest absolute Gasteiger partial charge is 0.305 e. The van der Waals surface area contributed by atoms with Crippen molar-refractivity contribution in [2.75, 3.05) is 7.11 Å². The third-order valence-electron chi connectivity index (χ3n) is 6.46. The van der Waals surface area contributed by atoms with E-state index < -0.39 is 18.3 Å². The van der Waals surface area contributed by atoms with Gasteiger partial charge in [-0.1, -0.05) is 37.5 Å². The molecule has 1 aromatic carbocycles. The predicted molar refractivity (Wildman–Crippen MR) is 119 cm³/mol. The van der Waals surface area contributed by atoms with Crippen LogP contribution in [0, 0.1) is 11.8 Å². The van der Waals surface area contributed by atoms with E-state index in [1.807, 2.05) is 12.1 Å². The maximum atomic E-state index is 11.2. The average Bonchev–Trinajstić information content (AvgIpc) is 3.29. The van der Waals surface area contributed by atoms with Crippen molar-refractivity contribution in [2.24, 2.45) is 11.8 Å². The molecule has 1 aromatic heterocycles. The molecular weight excluding hydrogens is 400 g/mol. The predicted octanol–water partition coefficient (Wildman–Crippen LogP) is 4.59. The van der Waals surface area contributed by atoms with E-state index in [0.29, 0.717) is 25.7 Å². The number of methoxy groups -OCH3 is 1. The number of carbonyl (C=O) groups excluding carboxylic acids is 1. The molecule has 0 aliphatic heterocycles. The van der Waals surface area contributed by atoms with Crippen molar-refractivity contribution < 1.29 is 24.9 Å². The number of hydrogen-bond donors (Lipinski definition) is 3. The summed E-state index contributed by atoms with van der Waals surface area (Å²) in [5.41, 5.74) is 0. The van der Waals surface area contributed by atoms with Crippen molar-refractivity contribution >= 4 is 27.4 Å². The molecule has 1 aliphatic carbocycles. The summed E-state index contributed by atoms with van der Waals surface area (Å²) in [6.07, 6.45) is 5.33. The van der Waals surface area contributed by atoms with Gasteiger partial charge in [0, 0.05) is 16.0 Å². The molecule has 0 saturated heterocycles. The van der Waals surface area contributed by atoms with Crippen LogP contribution in [-0.2, 0) is 9.53 Å². The van der Waals surface area contributed by atoms with Crippen LogP contribution in [0.3, 0.4) is 0 Å². The van der Waals surface area contributed by atoms with Crippen molar-refractivity contribution in [2.45, 2.75) is 76.1 Å². The number of carbonyl (C=O) groups is 1. The van der Waals surface area contributed by atoms with Gasteiger partial charge < -0.3 is 20.1 Å². The van der Waals surface area contributed by atoms with Crippen LogP contribution in [0.5, 0.6) is 0 Å². The van der Waals surface area contributed by atoms with Gasteiger partial charge in [-0.15, -0.1) is 11.3 Å². The fourth-order valence-corrected chi connectivity index (χ4v) is 5.83. The lowest BCUT2D eigenvalue weighted by atomic mass is 9.84. The highest BCUT2D eigenvalue weighted by atomic mass is 32.1. The van der Waals surface area contributed by atoms with E-state index in [2.05, 4.69) is 22.9 Å². The summed E-state index contributed by atoms with van der Waals surface area (Å²) in [7, 11) is 1.41. The molecule has 0 spiro atoms. The van der Waals surface area contributed by atoms with Crippen LogP contribution < -0.4 is 0 Å². The maximum Gasteiger partial charge on any atom is 0.305 e. The second-order valence-electron chi connectivity index (χ2n) is 8.51. The van der Waals surface area contributed by atoms with E-state index in [1.54, 1.807) is 11.3 Å². The Morgan fingerprint density at radius 3 is 2.53 bits per heavy atom. The summed E-state index contributed by atoms with van der Waals surface area (Å²) < 4.78 is 5.83. The van der Waals surface area contributed by atoms with Gasteiger partial charge in [0.05, 0.1) is 25.4 Å². The van der Waals surface area contributed by atoms with E-state index in [1.165, 1.54) is 11.8 Å². The maximum absolute atomic E-state index is 11.2. The molecule has 3 unspecified atom stereocenters. The molecule has 5 atom stereocenters. The number of esters is 1. The normalized spacial score (nSPS) is 24.9. The number of fused-ring (bicyclic) bond motifs is 1. The minimum absolute atomic E-state index is 0.0269. The number of aliphatic hydroxyl groups excluding tert-OH is 3. The Labute approximate surface area is 182 Å². The fraction of sp³-hybridized carbons (Fsp3) is 0.625. The second kappa shape index (κ2) is 11.2. The summed E-state index contributed by atoms with van der Waals surface area (Å²) in [4.78, 5) is 12.1. The summed E-state index contributed by atoms with van der Waals surface area (Å²) in [6, 6.07) is 10.2. The van der Waals surface area contributed by atoms with Crippen molar-refractivity contribution in [3.8, 4) is 0 Å². The van der Waals surface area contributed by atoms with Gasteiger partial charge in [-0.2, -0.15) is 0 Å². The zero-order valence-electron chi connectivity index (χ0n) is 17.7. The van der Waals surface area contributed by atoms with Gasteiger partial charge in [0.2, 0.25) is 0 Å². The molecule has 0 radical (unpaired) electrons. The molecule has 6 heteroatoms. The summed E-state index contributed by atoms with van der Waals surface area (Å²) in [5, 5.41) is 32.7. The lowest BCUT2D eigenvalue weighted by Gasteiger charge is -2.24. The summed E-state index contributed by atoms with van der Waals surface area (Å²) in [6.45, 7) is 0. The van der Waals surface area contributed by atoms with Crippen LogP contribution in [0.4, 0.5) is 0 Å². The lowest BCUT2D eigenvalue weighted by Crippen LogP contribution is -2.23. The molecule has 3 N–H and O–H groups in total. The van der Waals surface area contributed by atoms with Crippen molar-refractivity contribution in [3.05, 3.63) is 35.2 Å². The Morgan fingerprint density at radius 2 is 1.80 bits per heavy atom. The fourth-order valence-electron chi connectivity index (χ4n) is 4.74. The Morgan fingerprint density at radius 1 is 1.10 bits per heavy atom. The van der Waals surface area contributed by atoms with Gasteiger partial charge in [0.1, 0.15) is 0 Å². The Bertz CT molecular complexity index is 771. The number of benzene rings is 1. The number of unbranched alkanes of at least 4 members (excludes halogenated alkanes) is 3. The highest BCUT2D eigenvalue weighted by Gasteiger charge is 2.40. The number of aliphatic hydroxyl groups is 3. The van der Waals surface area contributed by atoms with Crippen LogP contribution in [0.25, 0.3) is 10.1 Å². The largest absolute Gasteiger partial charge is 0.469 e. The first-order valence-corrected chi connectivity index (χ1v) is 11.9. The molecule has 0 bridgehead atoms. The van der Waals surface area contributed by atoms with E-state index in [4.69, 9.17) is 0 Å². The zero-order valence-corrected chi connectivity index (χ0v) is 18.5. The second-order valence-corrected chi connectivity index (χ2v) is 9.62. The lowest BCUT2D eigenvalue weighted by molar-refractivity contribution is -0.140. The van der Waals surface area contributed by atoms with E-state index in [0.717, 1.165) is 42.4 Å². The van der Waals surface area contributed by atoms with E-state index >= 15 is 0 Å². The Hall–Kier alpha value is -1.47. The van der Waals surface area contributed by atoms with Crippen molar-refractivity contribution in [1.29, 1.82) is 0 Å². The molecule has 0 amide bonds. The minimum atomic E-state index is -0.536. The number of hydrogen-bond acceptors (Lipinski definition) is 6. The topological polar surface area (TPSA) is 87.0 Å². The minimum Gasteiger partial charge on any atom is -0.469 e. The van der Waals surface area contributed by atoms with Gasteiger partial charge in [-0.25, -0.2) is 0 Å². The monoisotopic (exact) mass is 434 g/mol. The van der Waals surface area contributed by atoms with Crippen LogP contribution in [0.15, 0.2) is 30.3 Å². The van der Waals surface area contributed by atoms with Crippen LogP contribution >= 0.6 is 11.3 Å². The van der Waals surface area contributed by atoms with Gasteiger partial charge in [0.25, 0.3) is 0 Å². The Kier molecular flexibility index (Phi) is 8.69. The molecule has 1 fully saturated rings. The van der Waals surface area contributed by atoms with Crippen LogP contribution in [-0.4, -0.2) is 40.6 Å². The molecule has 1 saturated carbocycles. The molecular formula is C24H34O5S. The standard InChI is InChI=1S/C24H34O5S/c1-29-24(28)11-5-3-2-4-9-17-18(21(27)15-20(17)26)12-13-19(25)23-14-16-8-6-7-10-22(16)30-23/h6-8,10,14,17-21,25-27H,2-5,9,11-13,15H2,1H3/t17-,18-,19?,20?,21?/m1/s1. The Balaban J connectivity index is 1.46. The van der Waals surface area contributed by atoms with Crippen molar-refractivity contribution in [1.82, 2.24) is 0 Å². The molecule has 5 nitrogen and oxygen atoms in total. The molecule has 1 heterocycles. The molecule has 1 aliphatic rings. The molecule has 30 heavy (non-hydrogen) atoms. The molecule has 3 rings (SSSR count). The van der Waals surface area contributed by atoms with Gasteiger partial charge in [0.15, 0.2) is 0 Å².